The number of hydrogen-bond donors (Lipinski definition) is 0. The minimum Gasteiger partial charge on any atom is -0.342 e. The van der Waals surface area contributed by atoms with Crippen LogP contribution in [0.1, 0.15) is 25.7 Å². The van der Waals surface area contributed by atoms with E-state index in [1.165, 1.54) is 24.6 Å². The number of carbonyl (C=O) groups is 1. The van der Waals surface area contributed by atoms with Crippen molar-refractivity contribution in [3.63, 3.8) is 0 Å². The molecule has 28 heavy (non-hydrogen) atoms. The van der Waals surface area contributed by atoms with E-state index in [1.54, 1.807) is 12.5 Å². The van der Waals surface area contributed by atoms with Crippen molar-refractivity contribution in [2.45, 2.75) is 30.7 Å². The number of amides is 1. The minimum absolute atomic E-state index is 0.202. The highest BCUT2D eigenvalue weighted by molar-refractivity contribution is 7.99. The Morgan fingerprint density at radius 3 is 2.39 bits per heavy atom. The minimum atomic E-state index is 0.202. The van der Waals surface area contributed by atoms with Crippen molar-refractivity contribution in [1.82, 2.24) is 24.6 Å². The van der Waals surface area contributed by atoms with Gasteiger partial charge in [-0.2, -0.15) is 0 Å². The molecular formula is C21H23N5OS. The zero-order valence-electron chi connectivity index (χ0n) is 15.7. The van der Waals surface area contributed by atoms with Gasteiger partial charge < -0.3 is 9.47 Å². The summed E-state index contributed by atoms with van der Waals surface area (Å²) in [5.41, 5.74) is 2.88. The molecule has 3 aromatic rings. The maximum absolute atomic E-state index is 12.4. The van der Waals surface area contributed by atoms with Gasteiger partial charge in [0.15, 0.2) is 0 Å². The molecule has 1 aliphatic rings. The standard InChI is InChI=1S/C21H23N5OS/c27-21(25-12-3-1-2-4-13-25)15-28-20-10-9-19(23-24-20)17-5-7-18(8-6-17)26-14-11-22-16-26/h5-11,14,16H,1-4,12-13,15H2. The largest absolute Gasteiger partial charge is 0.342 e. The third kappa shape index (κ3) is 4.59. The molecule has 3 heterocycles. The van der Waals surface area contributed by atoms with Gasteiger partial charge in [-0.3, -0.25) is 4.79 Å². The van der Waals surface area contributed by atoms with Crippen LogP contribution in [0.15, 0.2) is 60.1 Å². The Balaban J connectivity index is 1.35. The summed E-state index contributed by atoms with van der Waals surface area (Å²) in [6.07, 6.45) is 10.1. The number of imidazole rings is 1. The van der Waals surface area contributed by atoms with E-state index in [0.717, 1.165) is 47.9 Å². The van der Waals surface area contributed by atoms with Crippen molar-refractivity contribution in [2.24, 2.45) is 0 Å². The smallest absolute Gasteiger partial charge is 0.232 e. The average Bonchev–Trinajstić information content (AvgIpc) is 3.15. The Bertz CT molecular complexity index is 886. The number of benzene rings is 1. The van der Waals surface area contributed by atoms with Crippen molar-refractivity contribution < 1.29 is 4.79 Å². The van der Waals surface area contributed by atoms with E-state index in [2.05, 4.69) is 15.2 Å². The first-order valence-electron chi connectivity index (χ1n) is 9.63. The number of thioether (sulfide) groups is 1. The SMILES string of the molecule is O=C(CSc1ccc(-c2ccc(-n3ccnc3)cc2)nn1)N1CCCCCC1. The number of likely N-dealkylation sites (tertiary alicyclic amines) is 1. The Morgan fingerprint density at radius 2 is 1.75 bits per heavy atom. The fraction of sp³-hybridized carbons (Fsp3) is 0.333. The van der Waals surface area contributed by atoms with Gasteiger partial charge in [-0.25, -0.2) is 4.98 Å². The molecule has 0 N–H and O–H groups in total. The van der Waals surface area contributed by atoms with E-state index >= 15 is 0 Å². The van der Waals surface area contributed by atoms with Crippen LogP contribution < -0.4 is 0 Å². The number of carbonyl (C=O) groups excluding carboxylic acids is 1. The second kappa shape index (κ2) is 9.01. The van der Waals surface area contributed by atoms with Gasteiger partial charge in [0.1, 0.15) is 5.03 Å². The van der Waals surface area contributed by atoms with Crippen LogP contribution in [-0.4, -0.2) is 49.4 Å². The van der Waals surface area contributed by atoms with Crippen molar-refractivity contribution in [2.75, 3.05) is 18.8 Å². The van der Waals surface area contributed by atoms with E-state index in [0.29, 0.717) is 5.75 Å². The predicted molar refractivity (Wildman–Crippen MR) is 110 cm³/mol. The van der Waals surface area contributed by atoms with Crippen LogP contribution in [0.4, 0.5) is 0 Å². The molecule has 0 saturated carbocycles. The molecule has 0 spiro atoms. The summed E-state index contributed by atoms with van der Waals surface area (Å²) in [6, 6.07) is 12.0. The van der Waals surface area contributed by atoms with Gasteiger partial charge in [0.25, 0.3) is 0 Å². The number of nitrogens with zero attached hydrogens (tertiary/aromatic N) is 5. The Kier molecular flexibility index (Phi) is 6.01. The quantitative estimate of drug-likeness (QED) is 0.617. The molecule has 0 aliphatic carbocycles. The van der Waals surface area contributed by atoms with Gasteiger partial charge in [-0.1, -0.05) is 36.7 Å². The first-order chi connectivity index (χ1) is 13.8. The molecule has 1 aromatic carbocycles. The summed E-state index contributed by atoms with van der Waals surface area (Å²) >= 11 is 1.46. The van der Waals surface area contributed by atoms with Crippen LogP contribution in [0.5, 0.6) is 0 Å². The van der Waals surface area contributed by atoms with E-state index in [1.807, 2.05) is 52.1 Å². The molecule has 4 rings (SSSR count). The second-order valence-corrected chi connectivity index (χ2v) is 7.85. The molecule has 144 valence electrons. The van der Waals surface area contributed by atoms with Crippen molar-refractivity contribution in [1.29, 1.82) is 0 Å². The lowest BCUT2D eigenvalue weighted by molar-refractivity contribution is -0.128. The van der Waals surface area contributed by atoms with E-state index in [4.69, 9.17) is 0 Å². The third-order valence-electron chi connectivity index (χ3n) is 4.91. The highest BCUT2D eigenvalue weighted by Gasteiger charge is 2.16. The van der Waals surface area contributed by atoms with Crippen molar-refractivity contribution >= 4 is 17.7 Å². The highest BCUT2D eigenvalue weighted by Crippen LogP contribution is 2.22. The lowest BCUT2D eigenvalue weighted by Crippen LogP contribution is -2.33. The second-order valence-electron chi connectivity index (χ2n) is 6.86. The number of aromatic nitrogens is 4. The van der Waals surface area contributed by atoms with E-state index in [9.17, 15) is 4.79 Å². The Hall–Kier alpha value is -2.67. The predicted octanol–water partition coefficient (Wildman–Crippen LogP) is 3.82. The molecule has 2 aromatic heterocycles. The zero-order valence-corrected chi connectivity index (χ0v) is 16.5. The fourth-order valence-corrected chi connectivity index (χ4v) is 4.03. The molecule has 0 atom stereocenters. The monoisotopic (exact) mass is 393 g/mol. The molecule has 0 bridgehead atoms. The first kappa shape index (κ1) is 18.7. The summed E-state index contributed by atoms with van der Waals surface area (Å²) < 4.78 is 1.95. The molecule has 1 amide bonds. The maximum Gasteiger partial charge on any atom is 0.232 e. The first-order valence-corrected chi connectivity index (χ1v) is 10.6. The van der Waals surface area contributed by atoms with E-state index in [-0.39, 0.29) is 5.91 Å². The van der Waals surface area contributed by atoms with Crippen LogP contribution >= 0.6 is 11.8 Å². The Labute approximate surface area is 169 Å². The van der Waals surface area contributed by atoms with Crippen LogP contribution in [-0.2, 0) is 4.79 Å². The summed E-state index contributed by atoms with van der Waals surface area (Å²) in [5.74, 6) is 0.626. The third-order valence-corrected chi connectivity index (χ3v) is 5.81. The van der Waals surface area contributed by atoms with Crippen LogP contribution in [0.3, 0.4) is 0 Å². The van der Waals surface area contributed by atoms with Gasteiger partial charge in [-0.05, 0) is 37.1 Å². The van der Waals surface area contributed by atoms with Crippen molar-refractivity contribution in [3.8, 4) is 16.9 Å². The Morgan fingerprint density at radius 1 is 0.964 bits per heavy atom. The van der Waals surface area contributed by atoms with Crippen molar-refractivity contribution in [3.05, 3.63) is 55.1 Å². The van der Waals surface area contributed by atoms with Gasteiger partial charge in [-0.15, -0.1) is 10.2 Å². The zero-order chi connectivity index (χ0) is 19.2. The molecule has 6 nitrogen and oxygen atoms in total. The lowest BCUT2D eigenvalue weighted by atomic mass is 10.1. The van der Waals surface area contributed by atoms with Gasteiger partial charge >= 0.3 is 0 Å². The highest BCUT2D eigenvalue weighted by atomic mass is 32.2. The summed E-state index contributed by atoms with van der Waals surface area (Å²) in [6.45, 7) is 1.78. The topological polar surface area (TPSA) is 63.9 Å². The van der Waals surface area contributed by atoms with Gasteiger partial charge in [0.05, 0.1) is 17.8 Å². The summed E-state index contributed by atoms with van der Waals surface area (Å²) in [7, 11) is 0. The molecular weight excluding hydrogens is 370 g/mol. The van der Waals surface area contributed by atoms with Crippen LogP contribution in [0.25, 0.3) is 16.9 Å². The maximum atomic E-state index is 12.4. The average molecular weight is 394 g/mol. The lowest BCUT2D eigenvalue weighted by Gasteiger charge is -2.19. The van der Waals surface area contributed by atoms with Crippen LogP contribution in [0, 0.1) is 0 Å². The summed E-state index contributed by atoms with van der Waals surface area (Å²) in [5, 5.41) is 9.40. The normalized spacial score (nSPS) is 14.6. The molecule has 0 unspecified atom stereocenters. The number of hydrogen-bond acceptors (Lipinski definition) is 5. The van der Waals surface area contributed by atoms with Crippen LogP contribution in [0.2, 0.25) is 0 Å². The fourth-order valence-electron chi connectivity index (χ4n) is 3.31. The number of rotatable bonds is 5. The summed E-state index contributed by atoms with van der Waals surface area (Å²) in [4.78, 5) is 18.4. The molecule has 7 heteroatoms. The van der Waals surface area contributed by atoms with E-state index < -0.39 is 0 Å². The van der Waals surface area contributed by atoms with Gasteiger partial charge in [0.2, 0.25) is 5.91 Å². The molecule has 1 saturated heterocycles. The molecule has 0 radical (unpaired) electrons. The molecule has 1 fully saturated rings. The molecule has 1 aliphatic heterocycles. The van der Waals surface area contributed by atoms with Gasteiger partial charge in [0, 0.05) is 36.7 Å².